The molecule has 0 spiro atoms. The number of halogens is 1. The standard InChI is InChI=1S/C22H26FN5O2.C2H6/c1-15-20(16-5-7-17(23)8-6-16)24-18-9-10-19(25-28(15)18)26-11-13-27(14-12-26)21(29)30-22(2,3)4;1-2/h5-10H,11-14H2,1-4H3;1-2H3. The van der Waals surface area contributed by atoms with E-state index in [1.807, 2.05) is 58.2 Å². The van der Waals surface area contributed by atoms with Gasteiger partial charge in [-0.25, -0.2) is 18.7 Å². The Balaban J connectivity index is 0.00000141. The lowest BCUT2D eigenvalue weighted by atomic mass is 10.1. The summed E-state index contributed by atoms with van der Waals surface area (Å²) in [7, 11) is 0. The highest BCUT2D eigenvalue weighted by Crippen LogP contribution is 2.25. The fraction of sp³-hybridized carbons (Fsp3) is 0.458. The number of ether oxygens (including phenoxy) is 1. The first-order chi connectivity index (χ1) is 15.2. The number of fused-ring (bicyclic) bond motifs is 1. The summed E-state index contributed by atoms with van der Waals surface area (Å²) >= 11 is 0. The van der Waals surface area contributed by atoms with Gasteiger partial charge in [-0.2, -0.15) is 0 Å². The van der Waals surface area contributed by atoms with E-state index in [4.69, 9.17) is 9.84 Å². The number of anilines is 1. The maximum absolute atomic E-state index is 13.2. The first kappa shape index (κ1) is 23.5. The van der Waals surface area contributed by atoms with Gasteiger partial charge in [-0.15, -0.1) is 5.10 Å². The Hall–Kier alpha value is -3.16. The Kier molecular flexibility index (Phi) is 7.01. The van der Waals surface area contributed by atoms with Crippen LogP contribution in [0.5, 0.6) is 0 Å². The quantitative estimate of drug-likeness (QED) is 0.564. The molecule has 0 unspecified atom stereocenters. The van der Waals surface area contributed by atoms with Crippen molar-refractivity contribution in [1.29, 1.82) is 0 Å². The molecule has 1 saturated heterocycles. The van der Waals surface area contributed by atoms with E-state index in [-0.39, 0.29) is 11.9 Å². The van der Waals surface area contributed by atoms with Crippen LogP contribution in [0.15, 0.2) is 36.4 Å². The zero-order chi connectivity index (χ0) is 23.5. The zero-order valence-corrected chi connectivity index (χ0v) is 19.7. The van der Waals surface area contributed by atoms with Crippen LogP contribution < -0.4 is 4.90 Å². The average Bonchev–Trinajstić information content (AvgIpc) is 3.10. The molecule has 1 fully saturated rings. The lowest BCUT2D eigenvalue weighted by Crippen LogP contribution is -2.50. The highest BCUT2D eigenvalue weighted by molar-refractivity contribution is 5.69. The number of benzene rings is 1. The number of nitrogens with zero attached hydrogens (tertiary/aromatic N) is 5. The van der Waals surface area contributed by atoms with Crippen LogP contribution in [0.4, 0.5) is 15.0 Å². The maximum Gasteiger partial charge on any atom is 0.410 e. The van der Waals surface area contributed by atoms with Gasteiger partial charge < -0.3 is 14.5 Å². The number of amides is 1. The predicted molar refractivity (Wildman–Crippen MR) is 124 cm³/mol. The highest BCUT2D eigenvalue weighted by Gasteiger charge is 2.26. The fourth-order valence-electron chi connectivity index (χ4n) is 3.53. The number of imidazole rings is 1. The second kappa shape index (κ2) is 9.54. The van der Waals surface area contributed by atoms with Crippen LogP contribution in [0, 0.1) is 12.7 Å². The van der Waals surface area contributed by atoms with Crippen LogP contribution in [0.2, 0.25) is 0 Å². The molecule has 1 amide bonds. The summed E-state index contributed by atoms with van der Waals surface area (Å²) in [5, 5.41) is 4.76. The Morgan fingerprint density at radius 2 is 1.62 bits per heavy atom. The Bertz CT molecular complexity index is 1060. The third-order valence-corrected chi connectivity index (χ3v) is 5.06. The van der Waals surface area contributed by atoms with Crippen LogP contribution >= 0.6 is 0 Å². The summed E-state index contributed by atoms with van der Waals surface area (Å²) in [5.41, 5.74) is 2.78. The van der Waals surface area contributed by atoms with E-state index in [0.717, 1.165) is 28.4 Å². The van der Waals surface area contributed by atoms with Gasteiger partial charge in [0.1, 0.15) is 17.2 Å². The van der Waals surface area contributed by atoms with Crippen LogP contribution in [0.25, 0.3) is 16.9 Å². The Morgan fingerprint density at radius 3 is 2.22 bits per heavy atom. The molecule has 0 radical (unpaired) electrons. The molecular formula is C24H32FN5O2. The molecule has 0 N–H and O–H groups in total. The van der Waals surface area contributed by atoms with Crippen molar-refractivity contribution in [3.63, 3.8) is 0 Å². The lowest BCUT2D eigenvalue weighted by Gasteiger charge is -2.36. The summed E-state index contributed by atoms with van der Waals surface area (Å²) in [6.45, 7) is 14.1. The van der Waals surface area contributed by atoms with E-state index < -0.39 is 5.60 Å². The maximum atomic E-state index is 13.2. The van der Waals surface area contributed by atoms with Crippen molar-refractivity contribution in [2.24, 2.45) is 0 Å². The first-order valence-electron chi connectivity index (χ1n) is 11.1. The topological polar surface area (TPSA) is 63.0 Å². The van der Waals surface area contributed by atoms with Gasteiger partial charge in [0, 0.05) is 31.7 Å². The van der Waals surface area contributed by atoms with Gasteiger partial charge in [-0.1, -0.05) is 13.8 Å². The normalized spacial score (nSPS) is 14.2. The molecule has 2 aromatic heterocycles. The summed E-state index contributed by atoms with van der Waals surface area (Å²) in [6.07, 6.45) is -0.278. The van der Waals surface area contributed by atoms with Crippen molar-refractivity contribution in [3.8, 4) is 11.3 Å². The third-order valence-electron chi connectivity index (χ3n) is 5.06. The molecule has 0 aliphatic carbocycles. The molecule has 1 aromatic carbocycles. The second-order valence-electron chi connectivity index (χ2n) is 8.47. The van der Waals surface area contributed by atoms with Crippen LogP contribution in [-0.2, 0) is 4.74 Å². The summed E-state index contributed by atoms with van der Waals surface area (Å²) < 4.78 is 20.5. The molecular weight excluding hydrogens is 409 g/mol. The van der Waals surface area contributed by atoms with Crippen molar-refractivity contribution in [1.82, 2.24) is 19.5 Å². The number of piperazine rings is 1. The number of hydrogen-bond donors (Lipinski definition) is 0. The van der Waals surface area contributed by atoms with E-state index in [9.17, 15) is 9.18 Å². The SMILES string of the molecule is CC.Cc1c(-c2ccc(F)cc2)nc2ccc(N3CCN(C(=O)OC(C)(C)C)CC3)nn12. The summed E-state index contributed by atoms with van der Waals surface area (Å²) in [6, 6.07) is 10.2. The van der Waals surface area contributed by atoms with Crippen molar-refractivity contribution in [2.75, 3.05) is 31.1 Å². The van der Waals surface area contributed by atoms with Gasteiger partial charge in [0.15, 0.2) is 5.65 Å². The van der Waals surface area contributed by atoms with E-state index in [1.165, 1.54) is 12.1 Å². The van der Waals surface area contributed by atoms with Gasteiger partial charge in [0.05, 0.1) is 11.4 Å². The van der Waals surface area contributed by atoms with Gasteiger partial charge >= 0.3 is 6.09 Å². The van der Waals surface area contributed by atoms with E-state index in [1.54, 1.807) is 17.0 Å². The number of carbonyl (C=O) groups excluding carboxylic acids is 1. The molecule has 0 saturated carbocycles. The highest BCUT2D eigenvalue weighted by atomic mass is 19.1. The van der Waals surface area contributed by atoms with E-state index in [2.05, 4.69) is 9.88 Å². The zero-order valence-electron chi connectivity index (χ0n) is 19.7. The second-order valence-corrected chi connectivity index (χ2v) is 8.47. The van der Waals surface area contributed by atoms with Crippen LogP contribution in [0.1, 0.15) is 40.3 Å². The van der Waals surface area contributed by atoms with Crippen LogP contribution in [-0.4, -0.2) is 57.4 Å². The van der Waals surface area contributed by atoms with Gasteiger partial charge in [-0.05, 0) is 64.1 Å². The van der Waals surface area contributed by atoms with Crippen molar-refractivity contribution >= 4 is 17.6 Å². The summed E-state index contributed by atoms with van der Waals surface area (Å²) in [4.78, 5) is 20.8. The Labute approximate surface area is 188 Å². The molecule has 32 heavy (non-hydrogen) atoms. The number of hydrogen-bond acceptors (Lipinski definition) is 5. The van der Waals surface area contributed by atoms with Crippen molar-refractivity contribution in [2.45, 2.75) is 47.1 Å². The number of aryl methyl sites for hydroxylation is 1. The number of rotatable bonds is 2. The smallest absolute Gasteiger partial charge is 0.410 e. The molecule has 1 aliphatic rings. The minimum absolute atomic E-state index is 0.272. The minimum Gasteiger partial charge on any atom is -0.444 e. The number of aromatic nitrogens is 3. The van der Waals surface area contributed by atoms with Crippen LogP contribution in [0.3, 0.4) is 0 Å². The predicted octanol–water partition coefficient (Wildman–Crippen LogP) is 4.93. The molecule has 0 bridgehead atoms. The third kappa shape index (κ3) is 5.18. The lowest BCUT2D eigenvalue weighted by molar-refractivity contribution is 0.0240. The first-order valence-corrected chi connectivity index (χ1v) is 11.1. The number of carbonyl (C=O) groups is 1. The van der Waals surface area contributed by atoms with Crippen molar-refractivity contribution in [3.05, 3.63) is 47.9 Å². The molecule has 7 nitrogen and oxygen atoms in total. The molecule has 0 atom stereocenters. The monoisotopic (exact) mass is 441 g/mol. The van der Waals surface area contributed by atoms with Gasteiger partial charge in [0.25, 0.3) is 0 Å². The molecule has 3 aromatic rings. The van der Waals surface area contributed by atoms with E-state index >= 15 is 0 Å². The Morgan fingerprint density at radius 1 is 1.00 bits per heavy atom. The molecule has 3 heterocycles. The van der Waals surface area contributed by atoms with E-state index in [0.29, 0.717) is 26.2 Å². The molecule has 4 rings (SSSR count). The molecule has 172 valence electrons. The van der Waals surface area contributed by atoms with Crippen molar-refractivity contribution < 1.29 is 13.9 Å². The van der Waals surface area contributed by atoms with Gasteiger partial charge in [0.2, 0.25) is 0 Å². The van der Waals surface area contributed by atoms with Gasteiger partial charge in [-0.3, -0.25) is 0 Å². The largest absolute Gasteiger partial charge is 0.444 e. The summed E-state index contributed by atoms with van der Waals surface area (Å²) in [5.74, 6) is 0.559. The molecule has 8 heteroatoms. The minimum atomic E-state index is -0.498. The molecule has 1 aliphatic heterocycles. The average molecular weight is 442 g/mol. The fourth-order valence-corrected chi connectivity index (χ4v) is 3.53.